The van der Waals surface area contributed by atoms with Gasteiger partial charge in [-0.05, 0) is 51.2 Å². The van der Waals surface area contributed by atoms with Crippen molar-refractivity contribution in [2.75, 3.05) is 31.2 Å². The normalized spacial score (nSPS) is 20.9. The third-order valence-corrected chi connectivity index (χ3v) is 7.11. The van der Waals surface area contributed by atoms with Gasteiger partial charge in [0.2, 0.25) is 0 Å². The molecule has 35 heavy (non-hydrogen) atoms. The largest absolute Gasteiger partial charge is 0.461 e. The third-order valence-electron chi connectivity index (χ3n) is 7.11. The van der Waals surface area contributed by atoms with Crippen molar-refractivity contribution in [1.82, 2.24) is 20.3 Å². The van der Waals surface area contributed by atoms with Crippen LogP contribution in [0.2, 0.25) is 0 Å². The van der Waals surface area contributed by atoms with Crippen LogP contribution in [0.1, 0.15) is 67.7 Å². The maximum Gasteiger partial charge on any atom is 0.319 e. The highest BCUT2D eigenvalue weighted by molar-refractivity contribution is 6.04. The minimum absolute atomic E-state index is 0.0555. The number of rotatable bonds is 8. The molecule has 0 bridgehead atoms. The number of pyridine rings is 1. The molecule has 9 nitrogen and oxygen atoms in total. The predicted molar refractivity (Wildman–Crippen MR) is 133 cm³/mol. The molecule has 0 saturated carbocycles. The van der Waals surface area contributed by atoms with Crippen LogP contribution >= 0.6 is 0 Å². The Labute approximate surface area is 206 Å². The fraction of sp³-hybridized carbons (Fsp3) is 0.577. The molecule has 5 rings (SSSR count). The van der Waals surface area contributed by atoms with Gasteiger partial charge in [0.05, 0.1) is 18.3 Å². The van der Waals surface area contributed by atoms with Crippen LogP contribution in [0, 0.1) is 5.92 Å². The van der Waals surface area contributed by atoms with Crippen LogP contribution in [0.25, 0.3) is 0 Å². The van der Waals surface area contributed by atoms with Crippen LogP contribution < -0.4 is 15.0 Å². The number of carbonyl (C=O) groups is 1. The minimum Gasteiger partial charge on any atom is -0.461 e. The Morgan fingerprint density at radius 1 is 1.29 bits per heavy atom. The van der Waals surface area contributed by atoms with E-state index < -0.39 is 0 Å². The maximum absolute atomic E-state index is 12.9. The average molecular weight is 479 g/mol. The first kappa shape index (κ1) is 23.7. The molecule has 1 N–H and O–H groups in total. The number of ether oxygens (including phenoxy) is 2. The van der Waals surface area contributed by atoms with Gasteiger partial charge in [0, 0.05) is 55.2 Å². The zero-order valence-corrected chi connectivity index (χ0v) is 20.6. The van der Waals surface area contributed by atoms with Crippen molar-refractivity contribution in [3.8, 4) is 6.01 Å². The van der Waals surface area contributed by atoms with Gasteiger partial charge in [-0.1, -0.05) is 6.92 Å². The molecule has 0 spiro atoms. The van der Waals surface area contributed by atoms with Gasteiger partial charge in [-0.3, -0.25) is 14.8 Å². The summed E-state index contributed by atoms with van der Waals surface area (Å²) >= 11 is 0. The van der Waals surface area contributed by atoms with E-state index in [1.807, 2.05) is 26.1 Å². The number of nitrogens with zero attached hydrogens (tertiary/aromatic N) is 5. The molecule has 0 unspecified atom stereocenters. The Hall–Kier alpha value is -3.07. The number of fused-ring (bicyclic) bond motifs is 1. The van der Waals surface area contributed by atoms with Crippen molar-refractivity contribution in [3.63, 3.8) is 0 Å². The van der Waals surface area contributed by atoms with E-state index in [0.717, 1.165) is 63.3 Å². The van der Waals surface area contributed by atoms with Gasteiger partial charge in [-0.15, -0.1) is 0 Å². The second-order valence-electron chi connectivity index (χ2n) is 9.58. The Morgan fingerprint density at radius 3 is 2.91 bits per heavy atom. The summed E-state index contributed by atoms with van der Waals surface area (Å²) in [4.78, 5) is 33.5. The lowest BCUT2D eigenvalue weighted by Gasteiger charge is -2.33. The summed E-state index contributed by atoms with van der Waals surface area (Å²) in [6, 6.07) is 6.19. The van der Waals surface area contributed by atoms with Gasteiger partial charge in [-0.25, -0.2) is 0 Å². The monoisotopic (exact) mass is 478 g/mol. The van der Waals surface area contributed by atoms with E-state index in [1.165, 1.54) is 11.3 Å². The van der Waals surface area contributed by atoms with Crippen LogP contribution in [0.15, 0.2) is 29.4 Å². The Morgan fingerprint density at radius 2 is 2.14 bits per heavy atom. The predicted octanol–water partition coefficient (Wildman–Crippen LogP) is 3.18. The first-order chi connectivity index (χ1) is 17.1. The molecular weight excluding hydrogens is 444 g/mol. The number of piperidine rings is 1. The fourth-order valence-electron chi connectivity index (χ4n) is 4.87. The molecule has 0 aromatic carbocycles. The van der Waals surface area contributed by atoms with Crippen molar-refractivity contribution in [2.45, 2.75) is 64.6 Å². The Kier molecular flexibility index (Phi) is 7.22. The number of aliphatic imine (C=N–C) groups is 1. The molecule has 2 atom stereocenters. The van der Waals surface area contributed by atoms with Crippen molar-refractivity contribution < 1.29 is 14.3 Å². The second kappa shape index (κ2) is 10.7. The van der Waals surface area contributed by atoms with E-state index in [-0.39, 0.29) is 24.1 Å². The lowest BCUT2D eigenvalue weighted by molar-refractivity contribution is 0.0643. The van der Waals surface area contributed by atoms with Crippen LogP contribution in [-0.2, 0) is 11.3 Å². The topological polar surface area (TPSA) is 102 Å². The van der Waals surface area contributed by atoms with E-state index in [9.17, 15) is 4.79 Å². The zero-order chi connectivity index (χ0) is 24.2. The molecule has 2 aromatic rings. The summed E-state index contributed by atoms with van der Waals surface area (Å²) in [5.41, 5.74) is 3.79. The molecule has 3 aliphatic rings. The molecule has 2 aromatic heterocycles. The first-order valence-electron chi connectivity index (χ1n) is 12.8. The molecule has 0 aliphatic carbocycles. The molecule has 2 saturated heterocycles. The number of aromatic nitrogens is 3. The van der Waals surface area contributed by atoms with Crippen LogP contribution in [0.3, 0.4) is 0 Å². The summed E-state index contributed by atoms with van der Waals surface area (Å²) in [6.45, 7) is 7.52. The van der Waals surface area contributed by atoms with Crippen LogP contribution in [0.5, 0.6) is 6.01 Å². The summed E-state index contributed by atoms with van der Waals surface area (Å²) in [6.07, 6.45) is 6.69. The highest BCUT2D eigenvalue weighted by Gasteiger charge is 2.29. The van der Waals surface area contributed by atoms with Gasteiger partial charge in [0.25, 0.3) is 5.91 Å². The molecule has 0 radical (unpaired) electrons. The van der Waals surface area contributed by atoms with E-state index in [0.29, 0.717) is 24.8 Å². The number of anilines is 1. The second-order valence-corrected chi connectivity index (χ2v) is 9.58. The SMILES string of the molecule is CC[C@@H](C)NC(=O)c1cc(N2CCC(C3=NCc4ncccc43)CC2)nc(OC[C@@H]2CCCO2)n1. The summed E-state index contributed by atoms with van der Waals surface area (Å²) in [7, 11) is 0. The lowest BCUT2D eigenvalue weighted by atomic mass is 9.88. The quantitative estimate of drug-likeness (QED) is 0.622. The summed E-state index contributed by atoms with van der Waals surface area (Å²) in [5, 5.41) is 3.00. The fourth-order valence-corrected chi connectivity index (χ4v) is 4.87. The summed E-state index contributed by atoms with van der Waals surface area (Å²) in [5.74, 6) is 0.928. The molecule has 9 heteroatoms. The average Bonchev–Trinajstić information content (AvgIpc) is 3.57. The molecule has 186 valence electrons. The van der Waals surface area contributed by atoms with Gasteiger partial charge in [-0.2, -0.15) is 9.97 Å². The van der Waals surface area contributed by atoms with Gasteiger partial charge >= 0.3 is 6.01 Å². The zero-order valence-electron chi connectivity index (χ0n) is 20.6. The number of hydrogen-bond donors (Lipinski definition) is 1. The van der Waals surface area contributed by atoms with Crippen LogP contribution in [-0.4, -0.2) is 65.0 Å². The molecule has 1 amide bonds. The van der Waals surface area contributed by atoms with Crippen molar-refractivity contribution in [1.29, 1.82) is 0 Å². The van der Waals surface area contributed by atoms with Gasteiger partial charge < -0.3 is 19.7 Å². The number of carbonyl (C=O) groups excluding carboxylic acids is 1. The maximum atomic E-state index is 12.9. The van der Waals surface area contributed by atoms with Crippen molar-refractivity contribution in [3.05, 3.63) is 41.3 Å². The Balaban J connectivity index is 1.30. The lowest BCUT2D eigenvalue weighted by Crippen LogP contribution is -2.37. The van der Waals surface area contributed by atoms with Crippen molar-refractivity contribution in [2.24, 2.45) is 10.9 Å². The first-order valence-corrected chi connectivity index (χ1v) is 12.8. The highest BCUT2D eigenvalue weighted by Crippen LogP contribution is 2.30. The molecular formula is C26H34N6O3. The number of nitrogens with one attached hydrogen (secondary N) is 1. The number of amides is 1. The van der Waals surface area contributed by atoms with E-state index in [2.05, 4.69) is 31.2 Å². The molecule has 2 fully saturated rings. The van der Waals surface area contributed by atoms with Gasteiger partial charge in [0.15, 0.2) is 0 Å². The van der Waals surface area contributed by atoms with Crippen molar-refractivity contribution >= 4 is 17.4 Å². The molecule has 3 aliphatic heterocycles. The molecule has 5 heterocycles. The van der Waals surface area contributed by atoms with E-state index in [4.69, 9.17) is 14.5 Å². The third kappa shape index (κ3) is 5.45. The number of hydrogen-bond acceptors (Lipinski definition) is 8. The van der Waals surface area contributed by atoms with E-state index >= 15 is 0 Å². The van der Waals surface area contributed by atoms with E-state index in [1.54, 1.807) is 6.07 Å². The van der Waals surface area contributed by atoms with Gasteiger partial charge in [0.1, 0.15) is 18.1 Å². The standard InChI is InChI=1S/C26H34N6O3/c1-3-17(2)29-25(33)21-14-23(31-26(30-21)35-16-19-6-5-13-34-19)32-11-8-18(9-12-32)24-20-7-4-10-27-22(20)15-28-24/h4,7,10,14,17-19H,3,5-6,8-9,11-13,15-16H2,1-2H3,(H,29,33)/t17-,19+/m1/s1. The highest BCUT2D eigenvalue weighted by atomic mass is 16.5. The summed E-state index contributed by atoms with van der Waals surface area (Å²) < 4.78 is 11.6. The smallest absolute Gasteiger partial charge is 0.319 e. The Bertz CT molecular complexity index is 1080. The van der Waals surface area contributed by atoms with Crippen LogP contribution in [0.4, 0.5) is 5.82 Å². The minimum atomic E-state index is -0.204.